The first kappa shape index (κ1) is 15.7. The molecular formula is C18H17N5OS. The van der Waals surface area contributed by atoms with E-state index in [4.69, 9.17) is 0 Å². The van der Waals surface area contributed by atoms with Crippen LogP contribution in [0.5, 0.6) is 0 Å². The Morgan fingerprint density at radius 2 is 2.12 bits per heavy atom. The molecule has 25 heavy (non-hydrogen) atoms. The lowest BCUT2D eigenvalue weighted by molar-refractivity contribution is -0.130. The summed E-state index contributed by atoms with van der Waals surface area (Å²) in [5.74, 6) is 0.0309. The Morgan fingerprint density at radius 1 is 1.24 bits per heavy atom. The van der Waals surface area contributed by atoms with Crippen LogP contribution < -0.4 is 0 Å². The van der Waals surface area contributed by atoms with Gasteiger partial charge in [0.2, 0.25) is 5.91 Å². The molecule has 0 fully saturated rings. The predicted molar refractivity (Wildman–Crippen MR) is 97.3 cm³/mol. The first-order chi connectivity index (χ1) is 12.1. The number of aromatic nitrogens is 4. The Labute approximate surface area is 148 Å². The van der Waals surface area contributed by atoms with Crippen LogP contribution in [-0.4, -0.2) is 30.8 Å². The number of benzene rings is 1. The number of para-hydroxylation sites is 1. The molecule has 7 heteroatoms. The summed E-state index contributed by atoms with van der Waals surface area (Å²) in [5.41, 5.74) is 3.75. The highest BCUT2D eigenvalue weighted by Gasteiger charge is 2.16. The van der Waals surface area contributed by atoms with Gasteiger partial charge in [-0.15, -0.1) is 16.4 Å². The number of amides is 1. The molecule has 0 saturated carbocycles. The first-order valence-corrected chi connectivity index (χ1v) is 8.88. The Kier molecular flexibility index (Phi) is 3.93. The summed E-state index contributed by atoms with van der Waals surface area (Å²) < 4.78 is 1.77. The van der Waals surface area contributed by atoms with E-state index in [1.165, 1.54) is 0 Å². The molecule has 0 aliphatic rings. The quantitative estimate of drug-likeness (QED) is 0.566. The minimum Gasteiger partial charge on any atom is -0.333 e. The minimum absolute atomic E-state index is 0.0309. The Bertz CT molecular complexity index is 1050. The number of tetrazole rings is 1. The molecule has 1 aromatic carbocycles. The molecular weight excluding hydrogens is 334 g/mol. The van der Waals surface area contributed by atoms with Gasteiger partial charge in [0.05, 0.1) is 12.1 Å². The normalized spacial score (nSPS) is 11.3. The smallest absolute Gasteiger partial charge is 0.220 e. The zero-order valence-corrected chi connectivity index (χ0v) is 14.8. The molecule has 0 radical (unpaired) electrons. The highest BCUT2D eigenvalue weighted by Crippen LogP contribution is 2.24. The lowest BCUT2D eigenvalue weighted by Crippen LogP contribution is -2.27. The van der Waals surface area contributed by atoms with Gasteiger partial charge in [-0.1, -0.05) is 24.3 Å². The topological polar surface area (TPSA) is 63.4 Å². The SMILES string of the molecule is CC(=O)N(Cc1cccs1)Cc1cc2cccc(C)c2n2nnnc12. The molecule has 0 N–H and O–H groups in total. The summed E-state index contributed by atoms with van der Waals surface area (Å²) in [4.78, 5) is 15.1. The van der Waals surface area contributed by atoms with Gasteiger partial charge in [0.15, 0.2) is 5.65 Å². The number of fused-ring (bicyclic) bond motifs is 3. The molecule has 3 heterocycles. The van der Waals surface area contributed by atoms with Gasteiger partial charge in [-0.2, -0.15) is 4.52 Å². The molecule has 0 saturated heterocycles. The fourth-order valence-electron chi connectivity index (χ4n) is 3.07. The number of hydrogen-bond acceptors (Lipinski definition) is 5. The van der Waals surface area contributed by atoms with Crippen LogP contribution in [0.3, 0.4) is 0 Å². The second-order valence-corrected chi connectivity index (χ2v) is 7.08. The maximum atomic E-state index is 12.1. The Balaban J connectivity index is 1.79. The summed E-state index contributed by atoms with van der Waals surface area (Å²) >= 11 is 1.65. The molecule has 0 unspecified atom stereocenters. The van der Waals surface area contributed by atoms with Crippen molar-refractivity contribution in [1.29, 1.82) is 0 Å². The maximum absolute atomic E-state index is 12.1. The largest absolute Gasteiger partial charge is 0.333 e. The van der Waals surface area contributed by atoms with Crippen molar-refractivity contribution in [2.75, 3.05) is 0 Å². The lowest BCUT2D eigenvalue weighted by Gasteiger charge is -2.21. The van der Waals surface area contributed by atoms with Gasteiger partial charge < -0.3 is 4.90 Å². The summed E-state index contributed by atoms with van der Waals surface area (Å²) in [6, 6.07) is 12.2. The highest BCUT2D eigenvalue weighted by molar-refractivity contribution is 7.09. The fraction of sp³-hybridized carbons (Fsp3) is 0.222. The van der Waals surface area contributed by atoms with E-state index in [9.17, 15) is 4.79 Å². The van der Waals surface area contributed by atoms with Crippen molar-refractivity contribution in [3.05, 3.63) is 57.8 Å². The lowest BCUT2D eigenvalue weighted by atomic mass is 10.1. The van der Waals surface area contributed by atoms with Gasteiger partial charge >= 0.3 is 0 Å². The average molecular weight is 351 g/mol. The summed E-state index contributed by atoms with van der Waals surface area (Å²) in [6.07, 6.45) is 0. The zero-order chi connectivity index (χ0) is 17.4. The Hall–Kier alpha value is -2.80. The van der Waals surface area contributed by atoms with Crippen molar-refractivity contribution in [3.63, 3.8) is 0 Å². The number of rotatable bonds is 4. The Morgan fingerprint density at radius 3 is 2.88 bits per heavy atom. The van der Waals surface area contributed by atoms with Crippen molar-refractivity contribution >= 4 is 33.8 Å². The van der Waals surface area contributed by atoms with Crippen LogP contribution in [0.15, 0.2) is 41.8 Å². The van der Waals surface area contributed by atoms with Gasteiger partial charge in [0.25, 0.3) is 0 Å². The van der Waals surface area contributed by atoms with Crippen molar-refractivity contribution in [2.45, 2.75) is 26.9 Å². The summed E-state index contributed by atoms with van der Waals surface area (Å²) in [6.45, 7) is 4.70. The van der Waals surface area contributed by atoms with Crippen LogP contribution in [-0.2, 0) is 17.9 Å². The van der Waals surface area contributed by atoms with Crippen molar-refractivity contribution in [1.82, 2.24) is 24.9 Å². The number of nitrogens with zero attached hydrogens (tertiary/aromatic N) is 5. The van der Waals surface area contributed by atoms with Crippen LogP contribution in [0, 0.1) is 6.92 Å². The molecule has 0 aliphatic heterocycles. The highest BCUT2D eigenvalue weighted by atomic mass is 32.1. The van der Waals surface area contributed by atoms with E-state index in [-0.39, 0.29) is 5.91 Å². The third-order valence-electron chi connectivity index (χ3n) is 4.30. The minimum atomic E-state index is 0.0309. The van der Waals surface area contributed by atoms with Crippen LogP contribution in [0.1, 0.15) is 22.9 Å². The van der Waals surface area contributed by atoms with E-state index in [0.717, 1.165) is 26.9 Å². The molecule has 126 valence electrons. The number of hydrogen-bond donors (Lipinski definition) is 0. The van der Waals surface area contributed by atoms with Crippen LogP contribution in [0.2, 0.25) is 0 Å². The van der Waals surface area contributed by atoms with Gasteiger partial charge in [0.1, 0.15) is 0 Å². The molecule has 4 aromatic rings. The fourth-order valence-corrected chi connectivity index (χ4v) is 3.79. The number of aryl methyl sites for hydroxylation is 1. The van der Waals surface area contributed by atoms with Crippen molar-refractivity contribution in [3.8, 4) is 0 Å². The van der Waals surface area contributed by atoms with Crippen molar-refractivity contribution < 1.29 is 4.79 Å². The summed E-state index contributed by atoms with van der Waals surface area (Å²) in [7, 11) is 0. The van der Waals surface area contributed by atoms with E-state index in [0.29, 0.717) is 18.7 Å². The summed E-state index contributed by atoms with van der Waals surface area (Å²) in [5, 5.41) is 15.3. The number of pyridine rings is 1. The molecule has 0 aliphatic carbocycles. The third kappa shape index (κ3) is 2.87. The van der Waals surface area contributed by atoms with E-state index in [1.807, 2.05) is 47.5 Å². The first-order valence-electron chi connectivity index (χ1n) is 8.00. The van der Waals surface area contributed by atoms with E-state index < -0.39 is 0 Å². The molecule has 6 nitrogen and oxygen atoms in total. The third-order valence-corrected chi connectivity index (χ3v) is 5.16. The second-order valence-electron chi connectivity index (χ2n) is 6.05. The molecule has 1 amide bonds. The van der Waals surface area contributed by atoms with Gasteiger partial charge in [-0.3, -0.25) is 4.79 Å². The molecule has 0 bridgehead atoms. The van der Waals surface area contributed by atoms with E-state index in [1.54, 1.807) is 22.8 Å². The van der Waals surface area contributed by atoms with E-state index >= 15 is 0 Å². The molecule has 0 spiro atoms. The van der Waals surface area contributed by atoms with Gasteiger partial charge in [-0.05, 0) is 40.4 Å². The number of thiophene rings is 1. The number of carbonyl (C=O) groups excluding carboxylic acids is 1. The molecule has 3 aromatic heterocycles. The van der Waals surface area contributed by atoms with Gasteiger partial charge in [0, 0.05) is 29.3 Å². The standard InChI is InChI=1S/C18H17N5OS/c1-12-5-3-6-14-9-15(18-19-20-21-23(18)17(12)14)10-22(13(2)24)11-16-7-4-8-25-16/h3-9H,10-11H2,1-2H3. The van der Waals surface area contributed by atoms with Gasteiger partial charge in [-0.25, -0.2) is 0 Å². The predicted octanol–water partition coefficient (Wildman–Crippen LogP) is 3.20. The number of carbonyl (C=O) groups is 1. The monoisotopic (exact) mass is 351 g/mol. The van der Waals surface area contributed by atoms with Crippen LogP contribution in [0.4, 0.5) is 0 Å². The van der Waals surface area contributed by atoms with E-state index in [2.05, 4.69) is 21.6 Å². The zero-order valence-electron chi connectivity index (χ0n) is 14.0. The average Bonchev–Trinajstić information content (AvgIpc) is 3.25. The molecule has 4 rings (SSSR count). The van der Waals surface area contributed by atoms with Crippen LogP contribution in [0.25, 0.3) is 16.6 Å². The van der Waals surface area contributed by atoms with Crippen LogP contribution >= 0.6 is 11.3 Å². The maximum Gasteiger partial charge on any atom is 0.220 e. The second kappa shape index (κ2) is 6.25. The van der Waals surface area contributed by atoms with Crippen molar-refractivity contribution in [2.24, 2.45) is 0 Å². The molecule has 0 atom stereocenters.